The SMILES string of the molecule is [2H]N(C(=O)CCCCC)[C@@H](Cc1ccccc1)C(=O)N[C@@H](Cc1ccccc1)C(=O)O. The predicted octanol–water partition coefficient (Wildman–Crippen LogP) is 3.11. The number of amides is 2. The van der Waals surface area contributed by atoms with Gasteiger partial charge in [0.15, 0.2) is 1.41 Å². The molecule has 0 fully saturated rings. The van der Waals surface area contributed by atoms with Gasteiger partial charge in [0.25, 0.3) is 0 Å². The first-order valence-corrected chi connectivity index (χ1v) is 10.3. The Kier molecular flexibility index (Phi) is 8.92. The molecule has 0 saturated carbocycles. The van der Waals surface area contributed by atoms with Crippen molar-refractivity contribution in [3.8, 4) is 0 Å². The number of carboxylic acids is 1. The Hall–Kier alpha value is -3.15. The van der Waals surface area contributed by atoms with E-state index in [-0.39, 0.29) is 19.3 Å². The number of aliphatic carboxylic acids is 1. The molecule has 0 aromatic heterocycles. The van der Waals surface area contributed by atoms with Gasteiger partial charge in [0.2, 0.25) is 11.8 Å². The van der Waals surface area contributed by atoms with Crippen LogP contribution in [0.25, 0.3) is 0 Å². The zero-order valence-electron chi connectivity index (χ0n) is 18.3. The number of carbonyl (C=O) groups is 3. The van der Waals surface area contributed by atoms with Crippen molar-refractivity contribution in [1.29, 1.82) is 0 Å². The molecule has 2 amide bonds. The maximum absolute atomic E-state index is 13.0. The number of nitrogens with one attached hydrogen (secondary N) is 2. The third kappa shape index (κ3) is 8.07. The Labute approximate surface area is 179 Å². The molecule has 30 heavy (non-hydrogen) atoms. The van der Waals surface area contributed by atoms with Crippen LogP contribution in [0.4, 0.5) is 0 Å². The summed E-state index contributed by atoms with van der Waals surface area (Å²) in [7, 11) is 0. The minimum atomic E-state index is -1.17. The van der Waals surface area contributed by atoms with Gasteiger partial charge in [-0.25, -0.2) is 4.79 Å². The maximum atomic E-state index is 13.0. The monoisotopic (exact) mass is 411 g/mol. The van der Waals surface area contributed by atoms with E-state index in [1.54, 1.807) is 24.3 Å². The zero-order valence-corrected chi connectivity index (χ0v) is 17.3. The Balaban J connectivity index is 2.16. The largest absolute Gasteiger partial charge is 0.480 e. The Bertz CT molecular complexity index is 845. The number of rotatable bonds is 12. The molecule has 3 N–H and O–H groups in total. The quantitative estimate of drug-likeness (QED) is 0.468. The molecule has 2 aromatic carbocycles. The average Bonchev–Trinajstić information content (AvgIpc) is 2.78. The zero-order chi connectivity index (χ0) is 22.6. The highest BCUT2D eigenvalue weighted by atomic mass is 16.4. The molecule has 2 rings (SSSR count). The summed E-state index contributed by atoms with van der Waals surface area (Å²) in [6, 6.07) is 15.8. The molecule has 0 heterocycles. The second kappa shape index (κ2) is 12.4. The van der Waals surface area contributed by atoms with Crippen molar-refractivity contribution >= 4 is 17.8 Å². The number of unbranched alkanes of at least 4 members (excludes halogenated alkanes) is 2. The first-order chi connectivity index (χ1) is 14.9. The molecule has 0 aliphatic carbocycles. The number of benzene rings is 2. The fraction of sp³-hybridized carbons (Fsp3) is 0.375. The van der Waals surface area contributed by atoms with Crippen molar-refractivity contribution in [3.05, 3.63) is 71.8 Å². The second-order valence-electron chi connectivity index (χ2n) is 7.27. The second-order valence-corrected chi connectivity index (χ2v) is 7.27. The molecule has 0 bridgehead atoms. The van der Waals surface area contributed by atoms with Crippen LogP contribution in [0.15, 0.2) is 60.7 Å². The average molecular weight is 412 g/mol. The van der Waals surface area contributed by atoms with E-state index in [4.69, 9.17) is 1.41 Å². The summed E-state index contributed by atoms with van der Waals surface area (Å²) < 4.78 is 8.30. The Morgan fingerprint density at radius 2 is 1.43 bits per heavy atom. The van der Waals surface area contributed by atoms with Gasteiger partial charge in [-0.15, -0.1) is 0 Å². The maximum Gasteiger partial charge on any atom is 0.326 e. The molecule has 160 valence electrons. The van der Waals surface area contributed by atoms with E-state index in [9.17, 15) is 19.5 Å². The van der Waals surface area contributed by atoms with Crippen LogP contribution < -0.4 is 10.6 Å². The number of carboxylic acid groups (broad SMARTS) is 1. The van der Waals surface area contributed by atoms with Gasteiger partial charge in [-0.2, -0.15) is 0 Å². The molecule has 2 aromatic rings. The molecule has 0 aliphatic heterocycles. The van der Waals surface area contributed by atoms with E-state index in [2.05, 4.69) is 5.32 Å². The fourth-order valence-corrected chi connectivity index (χ4v) is 3.12. The topological polar surface area (TPSA) is 95.5 Å². The van der Waals surface area contributed by atoms with Crippen molar-refractivity contribution in [2.45, 2.75) is 57.5 Å². The third-order valence-corrected chi connectivity index (χ3v) is 4.77. The predicted molar refractivity (Wildman–Crippen MR) is 116 cm³/mol. The molecular formula is C24H30N2O4. The summed E-state index contributed by atoms with van der Waals surface area (Å²) >= 11 is 0. The van der Waals surface area contributed by atoms with E-state index >= 15 is 0 Å². The lowest BCUT2D eigenvalue weighted by atomic mass is 10.0. The van der Waals surface area contributed by atoms with Crippen LogP contribution in [0.3, 0.4) is 0 Å². The highest BCUT2D eigenvalue weighted by molar-refractivity contribution is 5.90. The molecule has 0 spiro atoms. The van der Waals surface area contributed by atoms with Gasteiger partial charge in [0, 0.05) is 19.3 Å². The fourth-order valence-electron chi connectivity index (χ4n) is 3.12. The highest BCUT2D eigenvalue weighted by Crippen LogP contribution is 2.08. The number of hydrogen-bond acceptors (Lipinski definition) is 3. The Morgan fingerprint density at radius 3 is 1.93 bits per heavy atom. The normalized spacial score (nSPS) is 13.0. The van der Waals surface area contributed by atoms with E-state index in [0.29, 0.717) is 11.7 Å². The summed E-state index contributed by atoms with van der Waals surface area (Å²) in [5.41, 5.74) is 1.56. The molecule has 0 saturated heterocycles. The first-order valence-electron chi connectivity index (χ1n) is 10.8. The van der Waals surface area contributed by atoms with Gasteiger partial charge in [-0.3, -0.25) is 9.59 Å². The van der Waals surface area contributed by atoms with Gasteiger partial charge in [-0.1, -0.05) is 80.4 Å². The molecule has 2 atom stereocenters. The highest BCUT2D eigenvalue weighted by Gasteiger charge is 2.27. The van der Waals surface area contributed by atoms with E-state index < -0.39 is 29.9 Å². The van der Waals surface area contributed by atoms with Crippen LogP contribution in [0.5, 0.6) is 0 Å². The molecule has 0 aliphatic rings. The van der Waals surface area contributed by atoms with E-state index in [0.717, 1.165) is 24.0 Å². The van der Waals surface area contributed by atoms with Crippen molar-refractivity contribution in [2.24, 2.45) is 0 Å². The summed E-state index contributed by atoms with van der Waals surface area (Å²) in [5.74, 6) is -2.26. The van der Waals surface area contributed by atoms with E-state index in [1.807, 2.05) is 43.3 Å². The van der Waals surface area contributed by atoms with Crippen molar-refractivity contribution < 1.29 is 20.9 Å². The van der Waals surface area contributed by atoms with Gasteiger partial charge >= 0.3 is 5.97 Å². The van der Waals surface area contributed by atoms with Crippen LogP contribution in [-0.2, 0) is 27.2 Å². The molecule has 6 heteroatoms. The third-order valence-electron chi connectivity index (χ3n) is 4.77. The molecule has 6 nitrogen and oxygen atoms in total. The summed E-state index contributed by atoms with van der Waals surface area (Å²) in [4.78, 5) is 37.3. The van der Waals surface area contributed by atoms with Crippen molar-refractivity contribution in [1.82, 2.24) is 10.6 Å². The lowest BCUT2D eigenvalue weighted by molar-refractivity contribution is -0.142. The van der Waals surface area contributed by atoms with Gasteiger partial charge < -0.3 is 15.7 Å². The summed E-state index contributed by atoms with van der Waals surface area (Å²) in [5, 5.41) is 12.8. The summed E-state index contributed by atoms with van der Waals surface area (Å²) in [6.45, 7) is 2.02. The molecule has 0 unspecified atom stereocenters. The molecule has 0 radical (unpaired) electrons. The van der Waals surface area contributed by atoms with Crippen LogP contribution in [0.2, 0.25) is 1.41 Å². The lowest BCUT2D eigenvalue weighted by Gasteiger charge is -2.22. The van der Waals surface area contributed by atoms with Crippen LogP contribution in [0, 0.1) is 0 Å². The van der Waals surface area contributed by atoms with Gasteiger partial charge in [0.1, 0.15) is 12.1 Å². The van der Waals surface area contributed by atoms with E-state index in [1.165, 1.54) is 0 Å². The van der Waals surface area contributed by atoms with Gasteiger partial charge in [-0.05, 0) is 17.5 Å². The van der Waals surface area contributed by atoms with Crippen molar-refractivity contribution in [2.75, 3.05) is 0 Å². The minimum Gasteiger partial charge on any atom is -0.480 e. The smallest absolute Gasteiger partial charge is 0.326 e. The van der Waals surface area contributed by atoms with Crippen molar-refractivity contribution in [3.63, 3.8) is 0 Å². The Morgan fingerprint density at radius 1 is 0.900 bits per heavy atom. The molecular weight excluding hydrogens is 380 g/mol. The number of carbonyl (C=O) groups excluding carboxylic acids is 2. The lowest BCUT2D eigenvalue weighted by Crippen LogP contribution is -2.53. The minimum absolute atomic E-state index is 0.114. The van der Waals surface area contributed by atoms with Crippen LogP contribution in [0.1, 0.15) is 43.7 Å². The number of hydrogen-bond donors (Lipinski definition) is 3. The van der Waals surface area contributed by atoms with Gasteiger partial charge in [0.05, 0.1) is 0 Å². The first kappa shape index (κ1) is 21.6. The summed E-state index contributed by atoms with van der Waals surface area (Å²) in [6.07, 6.45) is 2.89. The van der Waals surface area contributed by atoms with Crippen LogP contribution in [-0.4, -0.2) is 35.0 Å². The standard InChI is InChI=1S/C24H30N2O4/c1-2-3-6-15-22(27)25-20(16-18-11-7-4-8-12-18)23(28)26-21(24(29)30)17-19-13-9-5-10-14-19/h4-5,7-14,20-21H,2-3,6,15-17H2,1H3,(H,25,27)(H,26,28)(H,29,30)/t20-,21-/m0/s1/i/hD. The van der Waals surface area contributed by atoms with Crippen LogP contribution >= 0.6 is 0 Å².